The van der Waals surface area contributed by atoms with E-state index in [0.717, 1.165) is 12.1 Å². The maximum Gasteiger partial charge on any atom is 0.277 e. The number of nitrogens with one attached hydrogen (secondary N) is 1. The molecule has 0 fully saturated rings. The summed E-state index contributed by atoms with van der Waals surface area (Å²) >= 11 is 5.72. The zero-order chi connectivity index (χ0) is 15.3. The third-order valence-corrected chi connectivity index (χ3v) is 2.68. The van der Waals surface area contributed by atoms with Crippen molar-refractivity contribution in [1.29, 1.82) is 0 Å². The molecule has 1 amide bonds. The topological polar surface area (TPSA) is 64.3 Å². The second-order valence-corrected chi connectivity index (χ2v) is 4.52. The Morgan fingerprint density at radius 2 is 2.14 bits per heavy atom. The zero-order valence-electron chi connectivity index (χ0n) is 11.0. The van der Waals surface area contributed by atoms with E-state index in [1.165, 1.54) is 13.0 Å². The number of nitrogens with two attached hydrogens (primary N) is 1. The number of hydrogen-bond donors (Lipinski definition) is 2. The van der Waals surface area contributed by atoms with Gasteiger partial charge in [-0.05, 0) is 25.1 Å². The summed E-state index contributed by atoms with van der Waals surface area (Å²) in [5.41, 5.74) is 4.84. The molecule has 9 heteroatoms. The summed E-state index contributed by atoms with van der Waals surface area (Å²) in [6.45, 7) is -0.394. The van der Waals surface area contributed by atoms with Crippen molar-refractivity contribution in [1.82, 2.24) is 5.32 Å². The van der Waals surface area contributed by atoms with Gasteiger partial charge in [0.25, 0.3) is 11.8 Å². The van der Waals surface area contributed by atoms with E-state index in [1.807, 2.05) is 5.32 Å². The predicted octanol–water partition coefficient (Wildman–Crippen LogP) is 2.38. The van der Waals surface area contributed by atoms with Crippen molar-refractivity contribution in [3.8, 4) is 5.75 Å². The fourth-order valence-electron chi connectivity index (χ4n) is 1.25. The average molecular weight is 347 g/mol. The lowest BCUT2D eigenvalue weighted by Gasteiger charge is -2.18. The highest BCUT2D eigenvalue weighted by molar-refractivity contribution is 6.32. The molecule has 0 aliphatic rings. The number of amides is 1. The normalized spacial score (nSPS) is 12.3. The molecule has 1 aromatic rings. The van der Waals surface area contributed by atoms with Gasteiger partial charge in [-0.15, -0.1) is 12.4 Å². The number of carbonyl (C=O) groups is 1. The maximum absolute atomic E-state index is 12.9. The molecule has 1 atom stereocenters. The van der Waals surface area contributed by atoms with Crippen molar-refractivity contribution >= 4 is 29.9 Å². The quantitative estimate of drug-likeness (QED) is 0.831. The van der Waals surface area contributed by atoms with Crippen LogP contribution in [-0.4, -0.2) is 31.0 Å². The number of alkyl halides is 2. The minimum absolute atomic E-state index is 0. The van der Waals surface area contributed by atoms with Gasteiger partial charge >= 0.3 is 0 Å². The Morgan fingerprint density at radius 3 is 2.67 bits per heavy atom. The van der Waals surface area contributed by atoms with E-state index in [-0.39, 0.29) is 23.2 Å². The molecule has 0 radical (unpaired) electrons. The van der Waals surface area contributed by atoms with E-state index in [9.17, 15) is 18.0 Å². The fraction of sp³-hybridized carbons (Fsp3) is 0.417. The van der Waals surface area contributed by atoms with Gasteiger partial charge in [0.2, 0.25) is 0 Å². The van der Waals surface area contributed by atoms with Crippen LogP contribution in [0.3, 0.4) is 0 Å². The largest absolute Gasteiger partial charge is 0.479 e. The van der Waals surface area contributed by atoms with Gasteiger partial charge in [0.15, 0.2) is 6.10 Å². The van der Waals surface area contributed by atoms with Crippen LogP contribution in [0.15, 0.2) is 18.2 Å². The van der Waals surface area contributed by atoms with E-state index < -0.39 is 36.8 Å². The molecular formula is C12H15Cl2F3N2O2. The molecule has 1 aromatic carbocycles. The van der Waals surface area contributed by atoms with Gasteiger partial charge in [0, 0.05) is 0 Å². The maximum atomic E-state index is 12.9. The standard InChI is InChI=1S/C12H14ClF3N2O2.ClH/c1-7(11(19)18-6-12(15,16)5-17)20-10-3-2-8(14)4-9(10)13;/h2-4,7H,5-6,17H2,1H3,(H,18,19);1H. The second kappa shape index (κ2) is 8.31. The SMILES string of the molecule is CC(Oc1ccc(F)cc1Cl)C(=O)NCC(F)(F)CN.Cl. The third-order valence-electron chi connectivity index (χ3n) is 2.39. The first-order chi connectivity index (χ1) is 9.25. The molecule has 0 aromatic heterocycles. The smallest absolute Gasteiger partial charge is 0.277 e. The van der Waals surface area contributed by atoms with Crippen LogP contribution in [0.1, 0.15) is 6.92 Å². The lowest BCUT2D eigenvalue weighted by atomic mass is 10.3. The zero-order valence-corrected chi connectivity index (χ0v) is 12.6. The van der Waals surface area contributed by atoms with E-state index in [0.29, 0.717) is 0 Å². The Balaban J connectivity index is 0.00000400. The summed E-state index contributed by atoms with van der Waals surface area (Å²) < 4.78 is 43.7. The van der Waals surface area contributed by atoms with Gasteiger partial charge in [-0.3, -0.25) is 4.79 Å². The molecule has 4 nitrogen and oxygen atoms in total. The second-order valence-electron chi connectivity index (χ2n) is 4.11. The monoisotopic (exact) mass is 346 g/mol. The highest BCUT2D eigenvalue weighted by atomic mass is 35.5. The highest BCUT2D eigenvalue weighted by Crippen LogP contribution is 2.25. The molecule has 1 unspecified atom stereocenters. The van der Waals surface area contributed by atoms with E-state index >= 15 is 0 Å². The first-order valence-corrected chi connectivity index (χ1v) is 6.10. The minimum atomic E-state index is -3.18. The molecule has 0 heterocycles. The van der Waals surface area contributed by atoms with Crippen LogP contribution in [0.5, 0.6) is 5.75 Å². The molecule has 1 rings (SSSR count). The van der Waals surface area contributed by atoms with Gasteiger partial charge in [-0.1, -0.05) is 11.6 Å². The van der Waals surface area contributed by atoms with Crippen LogP contribution in [-0.2, 0) is 4.79 Å². The molecule has 3 N–H and O–H groups in total. The van der Waals surface area contributed by atoms with E-state index in [1.54, 1.807) is 0 Å². The van der Waals surface area contributed by atoms with Crippen molar-refractivity contribution in [2.75, 3.05) is 13.1 Å². The first-order valence-electron chi connectivity index (χ1n) is 5.72. The van der Waals surface area contributed by atoms with E-state index in [2.05, 4.69) is 0 Å². The van der Waals surface area contributed by atoms with Crippen LogP contribution >= 0.6 is 24.0 Å². The lowest BCUT2D eigenvalue weighted by molar-refractivity contribution is -0.129. The van der Waals surface area contributed by atoms with Crippen LogP contribution in [0.25, 0.3) is 0 Å². The molecule has 0 saturated carbocycles. The van der Waals surface area contributed by atoms with Gasteiger partial charge in [0.05, 0.1) is 18.1 Å². The predicted molar refractivity (Wildman–Crippen MR) is 75.8 cm³/mol. The Kier molecular flexibility index (Phi) is 7.84. The molecule has 120 valence electrons. The number of benzene rings is 1. The summed E-state index contributed by atoms with van der Waals surface area (Å²) in [6.07, 6.45) is -1.06. The summed E-state index contributed by atoms with van der Waals surface area (Å²) in [4.78, 5) is 11.6. The van der Waals surface area contributed by atoms with E-state index in [4.69, 9.17) is 22.1 Å². The first kappa shape index (κ1) is 19.8. The summed E-state index contributed by atoms with van der Waals surface area (Å²) in [5, 5.41) is 2.00. The molecule has 0 saturated heterocycles. The number of carbonyl (C=O) groups excluding carboxylic acids is 1. The van der Waals surface area contributed by atoms with Gasteiger partial charge in [-0.2, -0.15) is 0 Å². The fourth-order valence-corrected chi connectivity index (χ4v) is 1.46. The Bertz CT molecular complexity index is 490. The van der Waals surface area contributed by atoms with Crippen LogP contribution in [0.4, 0.5) is 13.2 Å². The molecule has 0 spiro atoms. The van der Waals surface area contributed by atoms with Gasteiger partial charge < -0.3 is 15.8 Å². The van der Waals surface area contributed by atoms with Crippen molar-refractivity contribution in [2.24, 2.45) is 5.73 Å². The third kappa shape index (κ3) is 6.41. The number of rotatable bonds is 6. The Labute approximate surface area is 131 Å². The minimum Gasteiger partial charge on any atom is -0.479 e. The van der Waals surface area contributed by atoms with Crippen molar-refractivity contribution in [2.45, 2.75) is 19.0 Å². The number of hydrogen-bond acceptors (Lipinski definition) is 3. The molecule has 21 heavy (non-hydrogen) atoms. The number of halogens is 5. The Morgan fingerprint density at radius 1 is 1.52 bits per heavy atom. The molecule has 0 bridgehead atoms. The molecule has 0 aliphatic heterocycles. The van der Waals surface area contributed by atoms with Crippen LogP contribution < -0.4 is 15.8 Å². The van der Waals surface area contributed by atoms with Crippen molar-refractivity contribution in [3.05, 3.63) is 29.0 Å². The lowest BCUT2D eigenvalue weighted by Crippen LogP contribution is -2.45. The van der Waals surface area contributed by atoms with Gasteiger partial charge in [0.1, 0.15) is 11.6 Å². The van der Waals surface area contributed by atoms with Crippen molar-refractivity contribution in [3.63, 3.8) is 0 Å². The summed E-state index contributed by atoms with van der Waals surface area (Å²) in [5.74, 6) is -4.40. The highest BCUT2D eigenvalue weighted by Gasteiger charge is 2.28. The van der Waals surface area contributed by atoms with Crippen LogP contribution in [0.2, 0.25) is 5.02 Å². The average Bonchev–Trinajstić information content (AvgIpc) is 2.39. The Hall–Kier alpha value is -1.18. The molecular weight excluding hydrogens is 332 g/mol. The summed E-state index contributed by atoms with van der Waals surface area (Å²) in [6, 6.07) is 3.37. The van der Waals surface area contributed by atoms with Crippen molar-refractivity contribution < 1.29 is 22.7 Å². The molecule has 0 aliphatic carbocycles. The summed E-state index contributed by atoms with van der Waals surface area (Å²) in [7, 11) is 0. The number of ether oxygens (including phenoxy) is 1. The van der Waals surface area contributed by atoms with Crippen LogP contribution in [0, 0.1) is 5.82 Å². The van der Waals surface area contributed by atoms with Gasteiger partial charge in [-0.25, -0.2) is 13.2 Å².